The zero-order chi connectivity index (χ0) is 18.5. The number of carbonyl (C=O) groups is 2. The molecule has 3 aromatic carbocycles. The van der Waals surface area contributed by atoms with Crippen molar-refractivity contribution in [2.24, 2.45) is 0 Å². The first kappa shape index (κ1) is 18.0. The molecule has 0 unspecified atom stereocenters. The molecule has 0 aromatic heterocycles. The molecule has 2 N–H and O–H groups in total. The summed E-state index contributed by atoms with van der Waals surface area (Å²) in [5.74, 6) is -0.685. The molecule has 0 saturated carbocycles. The molecule has 0 fully saturated rings. The highest BCUT2D eigenvalue weighted by molar-refractivity contribution is 6.44. The number of anilines is 2. The Kier molecular flexibility index (Phi) is 5.56. The highest BCUT2D eigenvalue weighted by atomic mass is 35.5. The molecule has 0 saturated heterocycles. The van der Waals surface area contributed by atoms with Gasteiger partial charge in [-0.3, -0.25) is 9.59 Å². The fraction of sp³-hybridized carbons (Fsp3) is 0. The zero-order valence-electron chi connectivity index (χ0n) is 13.5. The maximum absolute atomic E-state index is 12.5. The van der Waals surface area contributed by atoms with Crippen LogP contribution in [-0.4, -0.2) is 11.8 Å². The molecule has 0 spiro atoms. The summed E-state index contributed by atoms with van der Waals surface area (Å²) in [6.07, 6.45) is 0. The number of hydrogen-bond donors (Lipinski definition) is 2. The van der Waals surface area contributed by atoms with Crippen LogP contribution in [-0.2, 0) is 0 Å². The molecule has 3 aromatic rings. The third-order valence-corrected chi connectivity index (χ3v) is 4.44. The molecule has 0 bridgehead atoms. The van der Waals surface area contributed by atoms with Gasteiger partial charge in [0, 0.05) is 16.8 Å². The Hall–Kier alpha value is -2.82. The van der Waals surface area contributed by atoms with E-state index < -0.39 is 0 Å². The molecule has 4 nitrogen and oxygen atoms in total. The van der Waals surface area contributed by atoms with Crippen LogP contribution in [0.25, 0.3) is 0 Å². The van der Waals surface area contributed by atoms with Gasteiger partial charge in [-0.1, -0.05) is 53.5 Å². The van der Waals surface area contributed by atoms with E-state index in [1.807, 2.05) is 18.2 Å². The normalized spacial score (nSPS) is 10.2. The van der Waals surface area contributed by atoms with Crippen LogP contribution >= 0.6 is 23.2 Å². The summed E-state index contributed by atoms with van der Waals surface area (Å²) in [6, 6.07) is 20.5. The number of rotatable bonds is 4. The maximum Gasteiger partial charge on any atom is 0.255 e. The van der Waals surface area contributed by atoms with Crippen LogP contribution in [0.1, 0.15) is 20.7 Å². The summed E-state index contributed by atoms with van der Waals surface area (Å²) >= 11 is 12.0. The van der Waals surface area contributed by atoms with Crippen molar-refractivity contribution in [3.05, 3.63) is 94.0 Å². The predicted octanol–water partition coefficient (Wildman–Crippen LogP) is 5.50. The fourth-order valence-corrected chi connectivity index (χ4v) is 2.67. The maximum atomic E-state index is 12.5. The number of para-hydroxylation sites is 1. The van der Waals surface area contributed by atoms with Crippen molar-refractivity contribution in [1.82, 2.24) is 0 Å². The van der Waals surface area contributed by atoms with E-state index >= 15 is 0 Å². The lowest BCUT2D eigenvalue weighted by atomic mass is 10.1. The Bertz CT molecular complexity index is 959. The Balaban J connectivity index is 1.77. The van der Waals surface area contributed by atoms with Gasteiger partial charge in [0.25, 0.3) is 11.8 Å². The average Bonchev–Trinajstić information content (AvgIpc) is 2.66. The van der Waals surface area contributed by atoms with E-state index in [9.17, 15) is 9.59 Å². The van der Waals surface area contributed by atoms with Gasteiger partial charge in [-0.25, -0.2) is 0 Å². The molecular weight excluding hydrogens is 371 g/mol. The topological polar surface area (TPSA) is 58.2 Å². The first-order valence-corrected chi connectivity index (χ1v) is 8.52. The summed E-state index contributed by atoms with van der Waals surface area (Å²) in [6.45, 7) is 0. The summed E-state index contributed by atoms with van der Waals surface area (Å²) in [4.78, 5) is 24.8. The highest BCUT2D eigenvalue weighted by Gasteiger charge is 2.13. The van der Waals surface area contributed by atoms with Crippen LogP contribution in [0.3, 0.4) is 0 Å². The van der Waals surface area contributed by atoms with Crippen molar-refractivity contribution in [3.63, 3.8) is 0 Å². The van der Waals surface area contributed by atoms with Crippen molar-refractivity contribution < 1.29 is 9.59 Å². The molecule has 3 rings (SSSR count). The van der Waals surface area contributed by atoms with Crippen molar-refractivity contribution in [2.75, 3.05) is 10.6 Å². The molecule has 130 valence electrons. The third kappa shape index (κ3) is 4.23. The minimum atomic E-state index is -0.386. The van der Waals surface area contributed by atoms with Gasteiger partial charge in [0.1, 0.15) is 0 Å². The van der Waals surface area contributed by atoms with E-state index in [1.165, 1.54) is 6.07 Å². The Morgan fingerprint density at radius 3 is 2.00 bits per heavy atom. The summed E-state index contributed by atoms with van der Waals surface area (Å²) in [7, 11) is 0. The van der Waals surface area contributed by atoms with Crippen molar-refractivity contribution in [2.45, 2.75) is 0 Å². The number of hydrogen-bond acceptors (Lipinski definition) is 2. The van der Waals surface area contributed by atoms with Gasteiger partial charge >= 0.3 is 0 Å². The van der Waals surface area contributed by atoms with Gasteiger partial charge in [0.2, 0.25) is 0 Å². The lowest BCUT2D eigenvalue weighted by Gasteiger charge is -2.09. The first-order valence-electron chi connectivity index (χ1n) is 7.76. The van der Waals surface area contributed by atoms with Crippen LogP contribution in [0.2, 0.25) is 10.0 Å². The minimum Gasteiger partial charge on any atom is -0.322 e. The number of halogens is 2. The van der Waals surface area contributed by atoms with E-state index in [-0.39, 0.29) is 16.8 Å². The van der Waals surface area contributed by atoms with Crippen LogP contribution in [0.5, 0.6) is 0 Å². The molecule has 0 aliphatic heterocycles. The fourth-order valence-electron chi connectivity index (χ4n) is 2.32. The number of amides is 2. The molecule has 0 aliphatic rings. The molecule has 6 heteroatoms. The molecule has 2 amide bonds. The van der Waals surface area contributed by atoms with Crippen LogP contribution in [0, 0.1) is 0 Å². The Morgan fingerprint density at radius 1 is 0.692 bits per heavy atom. The van der Waals surface area contributed by atoms with Gasteiger partial charge in [-0.15, -0.1) is 0 Å². The van der Waals surface area contributed by atoms with Gasteiger partial charge in [0.05, 0.1) is 15.7 Å². The minimum absolute atomic E-state index is 0.264. The molecule has 26 heavy (non-hydrogen) atoms. The summed E-state index contributed by atoms with van der Waals surface area (Å²) < 4.78 is 0. The highest BCUT2D eigenvalue weighted by Crippen LogP contribution is 2.29. The van der Waals surface area contributed by atoms with E-state index in [4.69, 9.17) is 23.2 Å². The van der Waals surface area contributed by atoms with Gasteiger partial charge in [-0.05, 0) is 42.5 Å². The van der Waals surface area contributed by atoms with Crippen LogP contribution in [0.4, 0.5) is 11.4 Å². The van der Waals surface area contributed by atoms with E-state index in [0.717, 1.165) is 0 Å². The second kappa shape index (κ2) is 8.04. The first-order chi connectivity index (χ1) is 12.5. The monoisotopic (exact) mass is 384 g/mol. The van der Waals surface area contributed by atoms with Gasteiger partial charge in [-0.2, -0.15) is 0 Å². The number of benzene rings is 3. The standard InChI is InChI=1S/C20H14Cl2N2O2/c21-16-10-5-11-17(18(16)22)24-20(26)14-7-4-6-13(12-14)19(25)23-15-8-2-1-3-9-15/h1-12H,(H,23,25)(H,24,26). The average molecular weight is 385 g/mol. The largest absolute Gasteiger partial charge is 0.322 e. The van der Waals surface area contributed by atoms with Gasteiger partial charge < -0.3 is 10.6 Å². The van der Waals surface area contributed by atoms with Crippen molar-refractivity contribution in [1.29, 1.82) is 0 Å². The zero-order valence-corrected chi connectivity index (χ0v) is 15.0. The number of nitrogens with one attached hydrogen (secondary N) is 2. The third-order valence-electron chi connectivity index (χ3n) is 3.62. The van der Waals surface area contributed by atoms with Crippen molar-refractivity contribution >= 4 is 46.4 Å². The van der Waals surface area contributed by atoms with Gasteiger partial charge in [0.15, 0.2) is 0 Å². The van der Waals surface area contributed by atoms with Crippen molar-refractivity contribution in [3.8, 4) is 0 Å². The quantitative estimate of drug-likeness (QED) is 0.623. The number of carbonyl (C=O) groups excluding carboxylic acids is 2. The molecule has 0 aliphatic carbocycles. The van der Waals surface area contributed by atoms with E-state index in [0.29, 0.717) is 27.5 Å². The molecule has 0 radical (unpaired) electrons. The Morgan fingerprint density at radius 2 is 1.31 bits per heavy atom. The molecule has 0 heterocycles. The SMILES string of the molecule is O=C(Nc1ccccc1)c1cccc(C(=O)Nc2cccc(Cl)c2Cl)c1. The summed E-state index contributed by atoms with van der Waals surface area (Å²) in [5.41, 5.74) is 1.79. The molecule has 0 atom stereocenters. The van der Waals surface area contributed by atoms with E-state index in [1.54, 1.807) is 48.5 Å². The second-order valence-corrected chi connectivity index (χ2v) is 6.24. The Labute approximate surface area is 160 Å². The summed E-state index contributed by atoms with van der Waals surface area (Å²) in [5, 5.41) is 6.09. The second-order valence-electron chi connectivity index (χ2n) is 5.46. The molecular formula is C20H14Cl2N2O2. The smallest absolute Gasteiger partial charge is 0.255 e. The predicted molar refractivity (Wildman–Crippen MR) is 105 cm³/mol. The van der Waals surface area contributed by atoms with Crippen LogP contribution in [0.15, 0.2) is 72.8 Å². The van der Waals surface area contributed by atoms with E-state index in [2.05, 4.69) is 10.6 Å². The lowest BCUT2D eigenvalue weighted by molar-refractivity contribution is 0.102. The lowest BCUT2D eigenvalue weighted by Crippen LogP contribution is -2.15. The van der Waals surface area contributed by atoms with Crippen LogP contribution < -0.4 is 10.6 Å².